The molecule has 3 aromatic rings. The molecule has 2 aromatic heterocycles. The Morgan fingerprint density at radius 1 is 1.24 bits per heavy atom. The molecule has 0 saturated carbocycles. The molecule has 10 heteroatoms. The van der Waals surface area contributed by atoms with Gasteiger partial charge in [0.2, 0.25) is 5.91 Å². The number of hydrogen-bond donors (Lipinski definition) is 1. The molecule has 5 rings (SSSR count). The van der Waals surface area contributed by atoms with Crippen molar-refractivity contribution >= 4 is 11.7 Å². The molecule has 4 heterocycles. The van der Waals surface area contributed by atoms with Crippen LogP contribution in [0.25, 0.3) is 5.69 Å². The van der Waals surface area contributed by atoms with Crippen LogP contribution in [0.5, 0.6) is 5.75 Å². The number of aryl methyl sites for hydroxylation is 1. The van der Waals surface area contributed by atoms with Crippen molar-refractivity contribution in [2.24, 2.45) is 0 Å². The number of fused-ring (bicyclic) bond motifs is 1. The smallest absolute Gasteiger partial charge is 0.354 e. The third-order valence-electron chi connectivity index (χ3n) is 8.28. The van der Waals surface area contributed by atoms with Crippen molar-refractivity contribution in [3.8, 4) is 11.4 Å². The number of anilines is 1. The number of piperazine rings is 1. The molecule has 1 aromatic carbocycles. The summed E-state index contributed by atoms with van der Waals surface area (Å²) < 4.78 is 16.8. The highest BCUT2D eigenvalue weighted by atomic mass is 19.1. The molecule has 1 unspecified atom stereocenters. The first kappa shape index (κ1) is 28.5. The SMILES string of the molecule is C=CC(=O)N1CCN(c2nc(=O)n(-c3c(C)ccnc3C(C)C)c3c2CN(C)C(c2c(O)cccc2F)C3)[C@@H](C)C1. The fraction of sp³-hybridized carbons (Fsp3) is 0.419. The summed E-state index contributed by atoms with van der Waals surface area (Å²) in [5.74, 6) is -0.117. The molecule has 1 N–H and O–H groups in total. The molecular formula is C31H37FN6O3. The second kappa shape index (κ2) is 11.1. The van der Waals surface area contributed by atoms with Crippen LogP contribution in [-0.4, -0.2) is 68.1 Å². The molecule has 9 nitrogen and oxygen atoms in total. The summed E-state index contributed by atoms with van der Waals surface area (Å²) >= 11 is 0. The summed E-state index contributed by atoms with van der Waals surface area (Å²) in [5.41, 5.74) is 3.71. The van der Waals surface area contributed by atoms with Gasteiger partial charge in [-0.15, -0.1) is 0 Å². The number of pyridine rings is 1. The monoisotopic (exact) mass is 560 g/mol. The van der Waals surface area contributed by atoms with Gasteiger partial charge in [0.05, 0.1) is 11.4 Å². The van der Waals surface area contributed by atoms with Gasteiger partial charge >= 0.3 is 5.69 Å². The predicted octanol–water partition coefficient (Wildman–Crippen LogP) is 3.86. The second-order valence-electron chi connectivity index (χ2n) is 11.3. The van der Waals surface area contributed by atoms with E-state index in [4.69, 9.17) is 0 Å². The lowest BCUT2D eigenvalue weighted by atomic mass is 9.91. The van der Waals surface area contributed by atoms with Crippen LogP contribution in [0.1, 0.15) is 60.8 Å². The molecule has 2 aliphatic heterocycles. The zero-order chi connectivity index (χ0) is 29.6. The molecule has 1 amide bonds. The van der Waals surface area contributed by atoms with Gasteiger partial charge < -0.3 is 14.9 Å². The summed E-state index contributed by atoms with van der Waals surface area (Å²) in [4.78, 5) is 41.5. The normalized spacial score (nSPS) is 19.4. The van der Waals surface area contributed by atoms with Crippen LogP contribution in [-0.2, 0) is 17.8 Å². The first-order valence-corrected chi connectivity index (χ1v) is 14.0. The summed E-state index contributed by atoms with van der Waals surface area (Å²) in [6.45, 7) is 13.5. The van der Waals surface area contributed by atoms with Crippen LogP contribution in [0.2, 0.25) is 0 Å². The van der Waals surface area contributed by atoms with Crippen molar-refractivity contribution < 1.29 is 14.3 Å². The molecule has 0 spiro atoms. The lowest BCUT2D eigenvalue weighted by molar-refractivity contribution is -0.126. The van der Waals surface area contributed by atoms with Crippen LogP contribution in [0.3, 0.4) is 0 Å². The average Bonchev–Trinajstić information content (AvgIpc) is 2.93. The van der Waals surface area contributed by atoms with E-state index in [1.165, 1.54) is 24.3 Å². The minimum atomic E-state index is -0.511. The molecule has 2 aliphatic rings. The van der Waals surface area contributed by atoms with Crippen LogP contribution >= 0.6 is 0 Å². The number of aromatic hydroxyl groups is 1. The highest BCUT2D eigenvalue weighted by Crippen LogP contribution is 2.41. The van der Waals surface area contributed by atoms with Crippen LogP contribution in [0.15, 0.2) is 47.9 Å². The van der Waals surface area contributed by atoms with Crippen LogP contribution < -0.4 is 10.6 Å². The van der Waals surface area contributed by atoms with Crippen molar-refractivity contribution in [3.05, 3.63) is 87.5 Å². The standard InChI is InChI=1S/C31H37FN6O3/c1-7-26(40)36-13-14-37(20(5)16-36)30-21-17-35(6)24(27-22(32)9-8-10-25(27)39)15-23(21)38(31(41)34-30)29-19(4)11-12-33-28(29)18(2)3/h7-12,18,20,24,39H,1,13-17H2,2-6H3/t20-,24?/m0/s1. The van der Waals surface area contributed by atoms with Crippen molar-refractivity contribution in [3.63, 3.8) is 0 Å². The lowest BCUT2D eigenvalue weighted by Gasteiger charge is -2.43. The van der Waals surface area contributed by atoms with Gasteiger partial charge in [-0.3, -0.25) is 19.2 Å². The molecule has 0 bridgehead atoms. The van der Waals surface area contributed by atoms with Gasteiger partial charge in [-0.2, -0.15) is 4.98 Å². The Morgan fingerprint density at radius 3 is 2.66 bits per heavy atom. The molecule has 2 atom stereocenters. The quantitative estimate of drug-likeness (QED) is 0.474. The van der Waals surface area contributed by atoms with Crippen LogP contribution in [0, 0.1) is 12.7 Å². The molecule has 41 heavy (non-hydrogen) atoms. The number of hydrogen-bond acceptors (Lipinski definition) is 7. The van der Waals surface area contributed by atoms with E-state index < -0.39 is 17.5 Å². The van der Waals surface area contributed by atoms with E-state index in [2.05, 4.69) is 21.4 Å². The Hall–Kier alpha value is -4.05. The van der Waals surface area contributed by atoms with Gasteiger partial charge in [0.25, 0.3) is 0 Å². The number of phenolic OH excluding ortho intramolecular Hbond substituents is 1. The van der Waals surface area contributed by atoms with Crippen molar-refractivity contribution in [2.45, 2.75) is 58.7 Å². The minimum Gasteiger partial charge on any atom is -0.508 e. The maximum atomic E-state index is 15.1. The Labute approximate surface area is 239 Å². The fourth-order valence-corrected chi connectivity index (χ4v) is 6.20. The maximum Gasteiger partial charge on any atom is 0.354 e. The molecule has 216 valence electrons. The third-order valence-corrected chi connectivity index (χ3v) is 8.28. The number of carbonyl (C=O) groups is 1. The number of carbonyl (C=O) groups excluding carboxylic acids is 1. The number of phenols is 1. The van der Waals surface area contributed by atoms with Crippen LogP contribution in [0.4, 0.5) is 10.2 Å². The van der Waals surface area contributed by atoms with Crippen molar-refractivity contribution in [1.82, 2.24) is 24.3 Å². The zero-order valence-electron chi connectivity index (χ0n) is 24.3. The Balaban J connectivity index is 1.72. The number of aromatic nitrogens is 3. The van der Waals surface area contributed by atoms with E-state index in [-0.39, 0.29) is 35.6 Å². The average molecular weight is 561 g/mol. The van der Waals surface area contributed by atoms with Gasteiger partial charge in [-0.1, -0.05) is 26.5 Å². The summed E-state index contributed by atoms with van der Waals surface area (Å²) in [5, 5.41) is 10.7. The topological polar surface area (TPSA) is 94.8 Å². The summed E-state index contributed by atoms with van der Waals surface area (Å²) in [6, 6.07) is 5.58. The van der Waals surface area contributed by atoms with Gasteiger partial charge in [-0.25, -0.2) is 9.18 Å². The summed E-state index contributed by atoms with van der Waals surface area (Å²) in [7, 11) is 1.89. The number of benzene rings is 1. The molecule has 0 radical (unpaired) electrons. The first-order chi connectivity index (χ1) is 19.5. The lowest BCUT2D eigenvalue weighted by Crippen LogP contribution is -2.54. The fourth-order valence-electron chi connectivity index (χ4n) is 6.20. The molecule has 1 saturated heterocycles. The van der Waals surface area contributed by atoms with E-state index in [0.29, 0.717) is 37.7 Å². The highest BCUT2D eigenvalue weighted by molar-refractivity contribution is 5.87. The van der Waals surface area contributed by atoms with E-state index in [0.717, 1.165) is 22.5 Å². The number of likely N-dealkylation sites (N-methyl/N-ethyl adjacent to an activating group) is 1. The van der Waals surface area contributed by atoms with E-state index >= 15 is 4.39 Å². The van der Waals surface area contributed by atoms with E-state index in [9.17, 15) is 14.7 Å². The summed E-state index contributed by atoms with van der Waals surface area (Å²) in [6.07, 6.45) is 3.34. The predicted molar refractivity (Wildman–Crippen MR) is 156 cm³/mol. The molecule has 0 aliphatic carbocycles. The minimum absolute atomic E-state index is 0.0419. The molecule has 1 fully saturated rings. The number of nitrogens with zero attached hydrogens (tertiary/aromatic N) is 6. The third kappa shape index (κ3) is 5.01. The van der Waals surface area contributed by atoms with E-state index in [1.807, 2.05) is 45.7 Å². The Bertz CT molecular complexity index is 1550. The van der Waals surface area contributed by atoms with E-state index in [1.54, 1.807) is 15.7 Å². The highest BCUT2D eigenvalue weighted by Gasteiger charge is 2.37. The number of amides is 1. The zero-order valence-corrected chi connectivity index (χ0v) is 24.3. The Morgan fingerprint density at radius 2 is 2.00 bits per heavy atom. The number of rotatable bonds is 5. The maximum absolute atomic E-state index is 15.1. The van der Waals surface area contributed by atoms with Gasteiger partial charge in [0, 0.05) is 67.7 Å². The number of halogens is 1. The second-order valence-corrected chi connectivity index (χ2v) is 11.3. The van der Waals surface area contributed by atoms with Gasteiger partial charge in [0.15, 0.2) is 0 Å². The van der Waals surface area contributed by atoms with Gasteiger partial charge in [0.1, 0.15) is 17.4 Å². The van der Waals surface area contributed by atoms with Gasteiger partial charge in [-0.05, 0) is 56.7 Å². The van der Waals surface area contributed by atoms with Crippen molar-refractivity contribution in [1.29, 1.82) is 0 Å². The molecular weight excluding hydrogens is 523 g/mol. The van der Waals surface area contributed by atoms with Crippen molar-refractivity contribution in [2.75, 3.05) is 31.6 Å². The Kier molecular flexibility index (Phi) is 7.70. The first-order valence-electron chi connectivity index (χ1n) is 14.0. The largest absolute Gasteiger partial charge is 0.508 e.